The number of fused-ring (bicyclic) bond motifs is 1. The zero-order valence-electron chi connectivity index (χ0n) is 19.7. The molecule has 2 aromatic heterocycles. The van der Waals surface area contributed by atoms with Gasteiger partial charge < -0.3 is 26.5 Å². The van der Waals surface area contributed by atoms with E-state index in [1.165, 1.54) is 21.7 Å². The van der Waals surface area contributed by atoms with Gasteiger partial charge in [0.25, 0.3) is 17.7 Å². The Balaban J connectivity index is 1.50. The van der Waals surface area contributed by atoms with Crippen molar-refractivity contribution in [2.75, 3.05) is 17.2 Å². The van der Waals surface area contributed by atoms with Gasteiger partial charge in [0.15, 0.2) is 16.0 Å². The van der Waals surface area contributed by atoms with E-state index in [1.807, 2.05) is 6.92 Å². The third-order valence-electron chi connectivity index (χ3n) is 5.62. The zero-order valence-corrected chi connectivity index (χ0v) is 22.2. The highest BCUT2D eigenvalue weighted by Gasteiger charge is 2.54. The Bertz CT molecular complexity index is 1410. The summed E-state index contributed by atoms with van der Waals surface area (Å²) in [6.45, 7) is 2.25. The van der Waals surface area contributed by atoms with E-state index in [2.05, 4.69) is 25.7 Å². The third kappa shape index (κ3) is 5.18. The Kier molecular flexibility index (Phi) is 8.22. The number of nitrogen functional groups attached to an aromatic ring is 1. The first kappa shape index (κ1) is 27.4. The molecule has 0 aliphatic carbocycles. The van der Waals surface area contributed by atoms with Crippen molar-refractivity contribution in [2.45, 2.75) is 42.9 Å². The number of nitrogens with two attached hydrogens (primary N) is 1. The van der Waals surface area contributed by atoms with E-state index in [1.54, 1.807) is 0 Å². The molecule has 1 unspecified atom stereocenters. The molecule has 1 fully saturated rings. The van der Waals surface area contributed by atoms with E-state index in [9.17, 15) is 34.6 Å². The Morgan fingerprint density at radius 3 is 2.74 bits per heavy atom. The van der Waals surface area contributed by atoms with Crippen molar-refractivity contribution in [1.29, 1.82) is 0 Å². The second-order valence-electron chi connectivity index (χ2n) is 8.04. The van der Waals surface area contributed by atoms with Crippen molar-refractivity contribution in [1.82, 2.24) is 30.0 Å². The fourth-order valence-electron chi connectivity index (χ4n) is 3.78. The number of unbranched alkanes of at least 4 members (excludes halogenated alkanes) is 1. The Hall–Kier alpha value is -3.64. The maximum atomic E-state index is 12.9. The second-order valence-corrected chi connectivity index (χ2v) is 11.0. The molecule has 4 rings (SSSR count). The number of nitrogens with one attached hydrogen (secondary N) is 1. The van der Waals surface area contributed by atoms with Crippen LogP contribution in [0.2, 0.25) is 0 Å². The van der Waals surface area contributed by atoms with Gasteiger partial charge in [0, 0.05) is 23.4 Å². The van der Waals surface area contributed by atoms with Gasteiger partial charge in [0.05, 0.1) is 0 Å². The van der Waals surface area contributed by atoms with E-state index in [0.29, 0.717) is 18.5 Å². The number of thiazole rings is 1. The number of carbonyl (C=O) groups is 3. The van der Waals surface area contributed by atoms with E-state index >= 15 is 0 Å². The molecule has 6 N–H and O–H groups in total. The van der Waals surface area contributed by atoms with Gasteiger partial charge in [0.1, 0.15) is 22.8 Å². The Morgan fingerprint density at radius 2 is 2.11 bits per heavy atom. The maximum Gasteiger partial charge on any atom is 0.352 e. The SMILES string of the molecule is CCCCn1c(SCC2=C(C(=O)O)N3C(=O)C(NC(=O)/C(=N\O)c4csc(N)n4)[C@H]3SC2)nnc(O)c1=O. The normalized spacial score (nSPS) is 19.2. The van der Waals surface area contributed by atoms with Crippen LogP contribution in [-0.2, 0) is 20.9 Å². The number of hydrogen-bond donors (Lipinski definition) is 5. The molecule has 2 atom stereocenters. The largest absolute Gasteiger partial charge is 0.488 e. The average molecular weight is 583 g/mol. The molecule has 2 aromatic rings. The summed E-state index contributed by atoms with van der Waals surface area (Å²) in [4.78, 5) is 55.0. The molecule has 202 valence electrons. The topological polar surface area (TPSA) is 226 Å². The minimum Gasteiger partial charge on any atom is -0.488 e. The smallest absolute Gasteiger partial charge is 0.352 e. The number of aromatic hydroxyl groups is 1. The molecule has 18 heteroatoms. The maximum absolute atomic E-state index is 12.9. The van der Waals surface area contributed by atoms with Crippen LogP contribution in [0.1, 0.15) is 25.5 Å². The molecule has 2 amide bonds. The number of carboxylic acid groups (broad SMARTS) is 1. The highest BCUT2D eigenvalue weighted by molar-refractivity contribution is 8.01. The van der Waals surface area contributed by atoms with Gasteiger partial charge in [-0.2, -0.15) is 0 Å². The lowest BCUT2D eigenvalue weighted by molar-refractivity contribution is -0.150. The first-order valence-electron chi connectivity index (χ1n) is 11.1. The van der Waals surface area contributed by atoms with Gasteiger partial charge in [-0.05, 0) is 12.0 Å². The molecule has 38 heavy (non-hydrogen) atoms. The molecule has 2 aliphatic rings. The number of nitrogens with zero attached hydrogens (tertiary/aromatic N) is 6. The van der Waals surface area contributed by atoms with Gasteiger partial charge in [0.2, 0.25) is 0 Å². The summed E-state index contributed by atoms with van der Waals surface area (Å²) in [6, 6.07) is -1.05. The summed E-state index contributed by atoms with van der Waals surface area (Å²) < 4.78 is 1.28. The lowest BCUT2D eigenvalue weighted by Gasteiger charge is -2.49. The molecular formula is C20H22N8O7S3. The van der Waals surface area contributed by atoms with Crippen LogP contribution in [0.3, 0.4) is 0 Å². The zero-order chi connectivity index (χ0) is 27.6. The summed E-state index contributed by atoms with van der Waals surface area (Å²) in [5.74, 6) is -3.23. The number of anilines is 1. The van der Waals surface area contributed by atoms with Crippen molar-refractivity contribution in [2.24, 2.45) is 5.16 Å². The number of aromatic nitrogens is 4. The van der Waals surface area contributed by atoms with Crippen molar-refractivity contribution in [3.8, 4) is 5.88 Å². The number of amides is 2. The number of rotatable bonds is 10. The van der Waals surface area contributed by atoms with Gasteiger partial charge in [-0.25, -0.2) is 9.78 Å². The molecule has 1 saturated heterocycles. The van der Waals surface area contributed by atoms with Crippen LogP contribution in [0, 0.1) is 0 Å². The molecule has 0 bridgehead atoms. The number of carbonyl (C=O) groups excluding carboxylic acids is 2. The molecule has 4 heterocycles. The van der Waals surface area contributed by atoms with Gasteiger partial charge in [-0.15, -0.1) is 33.3 Å². The highest BCUT2D eigenvalue weighted by Crippen LogP contribution is 2.41. The molecule has 0 saturated carbocycles. The highest BCUT2D eigenvalue weighted by atomic mass is 32.2. The third-order valence-corrected chi connectivity index (χ3v) is 8.69. The van der Waals surface area contributed by atoms with Crippen LogP contribution in [0.15, 0.2) is 31.8 Å². The number of carboxylic acids is 1. The molecule has 2 aliphatic heterocycles. The Labute approximate surface area is 226 Å². The second kappa shape index (κ2) is 11.4. The minimum absolute atomic E-state index is 0.0348. The van der Waals surface area contributed by atoms with E-state index in [4.69, 9.17) is 5.73 Å². The molecule has 0 aromatic carbocycles. The number of hydrogen-bond acceptors (Lipinski definition) is 14. The van der Waals surface area contributed by atoms with E-state index < -0.39 is 46.4 Å². The molecule has 15 nitrogen and oxygen atoms in total. The van der Waals surface area contributed by atoms with Crippen molar-refractivity contribution in [3.63, 3.8) is 0 Å². The van der Waals surface area contributed by atoms with Gasteiger partial charge >= 0.3 is 11.5 Å². The lowest BCUT2D eigenvalue weighted by atomic mass is 10.0. The van der Waals surface area contributed by atoms with E-state index in [0.717, 1.165) is 34.4 Å². The van der Waals surface area contributed by atoms with Crippen LogP contribution < -0.4 is 16.6 Å². The standard InChI is InChI=1S/C20H22N8O7S3/c1-2-3-4-27-16(32)14(30)24-25-20(27)38-6-8-5-36-17-11(15(31)28(17)12(8)18(33)34)23-13(29)10(26-35)9-7-37-19(21)22-9/h7,11,17,35H,2-6H2,1H3,(H2,21,22)(H,23,29)(H,24,30)(H,33,34)/b26-10-/t11?,17-/m1/s1. The number of β-lactam (4-membered cyclic amide) rings is 1. The van der Waals surface area contributed by atoms with Crippen molar-refractivity contribution in [3.05, 3.63) is 32.7 Å². The predicted molar refractivity (Wildman–Crippen MR) is 138 cm³/mol. The minimum atomic E-state index is -1.32. The number of thioether (sulfide) groups is 2. The van der Waals surface area contributed by atoms with Gasteiger partial charge in [-0.3, -0.25) is 23.9 Å². The fourth-order valence-corrected chi connectivity index (χ4v) is 6.77. The summed E-state index contributed by atoms with van der Waals surface area (Å²) >= 11 is 3.36. The number of oxime groups is 1. The molecule has 0 spiro atoms. The average Bonchev–Trinajstić information content (AvgIpc) is 3.32. The monoisotopic (exact) mass is 582 g/mol. The van der Waals surface area contributed by atoms with Crippen molar-refractivity contribution < 1.29 is 29.8 Å². The molecular weight excluding hydrogens is 560 g/mol. The lowest BCUT2D eigenvalue weighted by Crippen LogP contribution is -2.71. The van der Waals surface area contributed by atoms with Crippen LogP contribution in [-0.4, -0.2) is 86.5 Å². The van der Waals surface area contributed by atoms with E-state index in [-0.39, 0.29) is 33.2 Å². The first-order chi connectivity index (χ1) is 18.2. The summed E-state index contributed by atoms with van der Waals surface area (Å²) in [6.07, 6.45) is 1.46. The van der Waals surface area contributed by atoms with Crippen LogP contribution >= 0.6 is 34.9 Å². The summed E-state index contributed by atoms with van der Waals surface area (Å²) in [5.41, 5.74) is 4.68. The van der Waals surface area contributed by atoms with Crippen LogP contribution in [0.4, 0.5) is 5.13 Å². The van der Waals surface area contributed by atoms with Gasteiger partial charge in [-0.1, -0.05) is 30.3 Å². The molecule has 0 radical (unpaired) electrons. The predicted octanol–water partition coefficient (Wildman–Crippen LogP) is -0.108. The first-order valence-corrected chi connectivity index (χ1v) is 14.0. The summed E-state index contributed by atoms with van der Waals surface area (Å²) in [7, 11) is 0. The summed E-state index contributed by atoms with van der Waals surface area (Å²) in [5, 5.41) is 42.7. The fraction of sp³-hybridized carbons (Fsp3) is 0.400. The Morgan fingerprint density at radius 1 is 1.34 bits per heavy atom. The number of aliphatic carboxylic acids is 1. The van der Waals surface area contributed by atoms with Crippen LogP contribution in [0.5, 0.6) is 5.88 Å². The van der Waals surface area contributed by atoms with Crippen molar-refractivity contribution >= 4 is 63.5 Å². The van der Waals surface area contributed by atoms with Crippen LogP contribution in [0.25, 0.3) is 0 Å². The quantitative estimate of drug-likeness (QED) is 0.0811.